The summed E-state index contributed by atoms with van der Waals surface area (Å²) in [4.78, 5) is 6.37. The van der Waals surface area contributed by atoms with Crippen LogP contribution in [0.25, 0.3) is 0 Å². The zero-order chi connectivity index (χ0) is 17.5. The second-order valence-corrected chi connectivity index (χ2v) is 5.67. The molecule has 1 N–H and O–H groups in total. The topological polar surface area (TPSA) is 41.8 Å². The summed E-state index contributed by atoms with van der Waals surface area (Å²) < 4.78 is 20.7. The molecular formula is C18H26FIN4O. The standard InChI is InChI=1S/C18H25FN4O.HI/c1-20-18(23(3)13-16-6-5-11-22(16)2)21-12-17(24-4)14-7-9-15(19)10-8-14;/h5-11,17H,12-13H2,1-4H3,(H,20,21);1H. The molecule has 25 heavy (non-hydrogen) atoms. The van der Waals surface area contributed by atoms with Gasteiger partial charge in [0, 0.05) is 46.7 Å². The van der Waals surface area contributed by atoms with Crippen molar-refractivity contribution < 1.29 is 9.13 Å². The molecule has 0 spiro atoms. The molecule has 0 bridgehead atoms. The van der Waals surface area contributed by atoms with E-state index in [4.69, 9.17) is 4.74 Å². The summed E-state index contributed by atoms with van der Waals surface area (Å²) in [5.74, 6) is 0.528. The number of methoxy groups -OCH3 is 1. The Morgan fingerprint density at radius 3 is 2.52 bits per heavy atom. The number of guanidine groups is 1. The number of benzene rings is 1. The van der Waals surface area contributed by atoms with Crippen molar-refractivity contribution >= 4 is 29.9 Å². The van der Waals surface area contributed by atoms with Crippen LogP contribution in [0.15, 0.2) is 47.6 Å². The number of aromatic nitrogens is 1. The molecule has 0 amide bonds. The van der Waals surface area contributed by atoms with Gasteiger partial charge in [-0.25, -0.2) is 4.39 Å². The van der Waals surface area contributed by atoms with Crippen LogP contribution in [0.4, 0.5) is 4.39 Å². The summed E-state index contributed by atoms with van der Waals surface area (Å²) in [6.07, 6.45) is 1.85. The van der Waals surface area contributed by atoms with E-state index >= 15 is 0 Å². The van der Waals surface area contributed by atoms with Crippen LogP contribution in [-0.4, -0.2) is 43.2 Å². The number of halogens is 2. The maximum absolute atomic E-state index is 13.1. The van der Waals surface area contributed by atoms with Gasteiger partial charge in [-0.15, -0.1) is 24.0 Å². The van der Waals surface area contributed by atoms with Gasteiger partial charge in [0.1, 0.15) is 5.82 Å². The van der Waals surface area contributed by atoms with E-state index in [0.29, 0.717) is 6.54 Å². The van der Waals surface area contributed by atoms with E-state index in [9.17, 15) is 4.39 Å². The first-order valence-corrected chi connectivity index (χ1v) is 7.85. The first-order chi connectivity index (χ1) is 11.5. The molecule has 0 aliphatic carbocycles. The minimum absolute atomic E-state index is 0. The van der Waals surface area contributed by atoms with Crippen molar-refractivity contribution in [2.75, 3.05) is 27.7 Å². The average Bonchev–Trinajstić information content (AvgIpc) is 2.98. The third kappa shape index (κ3) is 6.00. The van der Waals surface area contributed by atoms with E-state index < -0.39 is 0 Å². The van der Waals surface area contributed by atoms with Gasteiger partial charge >= 0.3 is 0 Å². The molecule has 138 valence electrons. The fraction of sp³-hybridized carbons (Fsp3) is 0.389. The normalized spacial score (nSPS) is 12.4. The Kier molecular flexibility index (Phi) is 8.91. The van der Waals surface area contributed by atoms with Crippen LogP contribution in [0, 0.1) is 5.82 Å². The first kappa shape index (κ1) is 21.4. The molecule has 1 atom stereocenters. The molecular weight excluding hydrogens is 434 g/mol. The number of nitrogens with zero attached hydrogens (tertiary/aromatic N) is 3. The predicted molar refractivity (Wildman–Crippen MR) is 110 cm³/mol. The van der Waals surface area contributed by atoms with E-state index in [1.165, 1.54) is 17.8 Å². The summed E-state index contributed by atoms with van der Waals surface area (Å²) in [6, 6.07) is 10.5. The van der Waals surface area contributed by atoms with E-state index in [-0.39, 0.29) is 35.9 Å². The molecule has 1 heterocycles. The first-order valence-electron chi connectivity index (χ1n) is 7.85. The van der Waals surface area contributed by atoms with Crippen LogP contribution in [0.5, 0.6) is 0 Å². The highest BCUT2D eigenvalue weighted by Crippen LogP contribution is 2.16. The van der Waals surface area contributed by atoms with Crippen LogP contribution >= 0.6 is 24.0 Å². The monoisotopic (exact) mass is 460 g/mol. The Labute approximate surface area is 165 Å². The van der Waals surface area contributed by atoms with E-state index in [1.807, 2.05) is 31.3 Å². The number of hydrogen-bond donors (Lipinski definition) is 1. The molecule has 0 aliphatic heterocycles. The molecule has 0 saturated heterocycles. The molecule has 2 rings (SSSR count). The Morgan fingerprint density at radius 2 is 2.00 bits per heavy atom. The molecule has 2 aromatic rings. The van der Waals surface area contributed by atoms with Gasteiger partial charge in [-0.2, -0.15) is 0 Å². The van der Waals surface area contributed by atoms with Gasteiger partial charge < -0.3 is 19.5 Å². The summed E-state index contributed by atoms with van der Waals surface area (Å²) in [6.45, 7) is 1.30. The maximum Gasteiger partial charge on any atom is 0.193 e. The Morgan fingerprint density at radius 1 is 1.32 bits per heavy atom. The average molecular weight is 460 g/mol. The lowest BCUT2D eigenvalue weighted by atomic mass is 10.1. The van der Waals surface area contributed by atoms with Crippen molar-refractivity contribution in [3.05, 3.63) is 59.7 Å². The highest BCUT2D eigenvalue weighted by atomic mass is 127. The van der Waals surface area contributed by atoms with Crippen LogP contribution in [-0.2, 0) is 18.3 Å². The summed E-state index contributed by atoms with van der Waals surface area (Å²) in [7, 11) is 7.41. The van der Waals surface area contributed by atoms with Gasteiger partial charge in [0.25, 0.3) is 0 Å². The van der Waals surface area contributed by atoms with Gasteiger partial charge in [-0.1, -0.05) is 12.1 Å². The van der Waals surface area contributed by atoms with Crippen molar-refractivity contribution in [3.8, 4) is 0 Å². The Balaban J connectivity index is 0.00000312. The van der Waals surface area contributed by atoms with E-state index in [1.54, 1.807) is 26.3 Å². The second-order valence-electron chi connectivity index (χ2n) is 5.67. The van der Waals surface area contributed by atoms with Crippen LogP contribution < -0.4 is 5.32 Å². The van der Waals surface area contributed by atoms with Crippen LogP contribution in [0.3, 0.4) is 0 Å². The van der Waals surface area contributed by atoms with Gasteiger partial charge in [0.15, 0.2) is 5.96 Å². The smallest absolute Gasteiger partial charge is 0.193 e. The second kappa shape index (κ2) is 10.4. The zero-order valence-corrected chi connectivity index (χ0v) is 17.4. The number of ether oxygens (including phenoxy) is 1. The third-order valence-corrected chi connectivity index (χ3v) is 4.00. The SMILES string of the molecule is CN=C(NCC(OC)c1ccc(F)cc1)N(C)Cc1cccn1C.I. The molecule has 0 radical (unpaired) electrons. The fourth-order valence-corrected chi connectivity index (χ4v) is 2.56. The summed E-state index contributed by atoms with van der Waals surface area (Å²) in [5.41, 5.74) is 2.12. The largest absolute Gasteiger partial charge is 0.375 e. The fourth-order valence-electron chi connectivity index (χ4n) is 2.56. The van der Waals surface area contributed by atoms with Crippen molar-refractivity contribution in [2.24, 2.45) is 12.0 Å². The lowest BCUT2D eigenvalue weighted by molar-refractivity contribution is 0.106. The number of rotatable bonds is 6. The molecule has 5 nitrogen and oxygen atoms in total. The number of aliphatic imine (C=N–C) groups is 1. The van der Waals surface area contributed by atoms with Crippen molar-refractivity contribution in [3.63, 3.8) is 0 Å². The van der Waals surface area contributed by atoms with E-state index in [2.05, 4.69) is 20.9 Å². The molecule has 0 aliphatic rings. The highest BCUT2D eigenvalue weighted by molar-refractivity contribution is 14.0. The Bertz CT molecular complexity index is 672. The van der Waals surface area contributed by atoms with Crippen molar-refractivity contribution in [2.45, 2.75) is 12.6 Å². The van der Waals surface area contributed by atoms with Gasteiger partial charge in [-0.3, -0.25) is 4.99 Å². The van der Waals surface area contributed by atoms with Crippen molar-refractivity contribution in [1.82, 2.24) is 14.8 Å². The maximum atomic E-state index is 13.1. The molecule has 0 saturated carbocycles. The lowest BCUT2D eigenvalue weighted by Crippen LogP contribution is -2.40. The lowest BCUT2D eigenvalue weighted by Gasteiger charge is -2.24. The molecule has 1 aromatic heterocycles. The quantitative estimate of drug-likeness (QED) is 0.409. The molecule has 1 aromatic carbocycles. The molecule has 7 heteroatoms. The van der Waals surface area contributed by atoms with Gasteiger partial charge in [0.2, 0.25) is 0 Å². The number of aryl methyl sites for hydroxylation is 1. The van der Waals surface area contributed by atoms with Gasteiger partial charge in [0.05, 0.1) is 12.6 Å². The minimum Gasteiger partial charge on any atom is -0.375 e. The molecule has 1 unspecified atom stereocenters. The third-order valence-electron chi connectivity index (χ3n) is 4.00. The Hall–Kier alpha value is -1.61. The van der Waals surface area contributed by atoms with Crippen LogP contribution in [0.1, 0.15) is 17.4 Å². The van der Waals surface area contributed by atoms with Crippen molar-refractivity contribution in [1.29, 1.82) is 0 Å². The summed E-state index contributed by atoms with van der Waals surface area (Å²) >= 11 is 0. The van der Waals surface area contributed by atoms with E-state index in [0.717, 1.165) is 18.1 Å². The summed E-state index contributed by atoms with van der Waals surface area (Å²) in [5, 5.41) is 3.31. The highest BCUT2D eigenvalue weighted by Gasteiger charge is 2.14. The van der Waals surface area contributed by atoms with Gasteiger partial charge in [-0.05, 0) is 29.8 Å². The minimum atomic E-state index is -0.250. The zero-order valence-electron chi connectivity index (χ0n) is 15.1. The number of hydrogen-bond acceptors (Lipinski definition) is 2. The number of nitrogens with one attached hydrogen (secondary N) is 1. The predicted octanol–water partition coefficient (Wildman–Crippen LogP) is 3.18. The van der Waals surface area contributed by atoms with Crippen LogP contribution in [0.2, 0.25) is 0 Å². The molecule has 0 fully saturated rings.